The Bertz CT molecular complexity index is 730. The van der Waals surface area contributed by atoms with E-state index < -0.39 is 6.10 Å². The molecule has 2 atom stereocenters. The van der Waals surface area contributed by atoms with Gasteiger partial charge in [-0.1, -0.05) is 18.2 Å². The molecule has 134 valence electrons. The van der Waals surface area contributed by atoms with Crippen molar-refractivity contribution in [1.82, 2.24) is 9.78 Å². The molecule has 0 spiro atoms. The molecule has 2 aliphatic rings. The number of rotatable bonds is 5. The number of ether oxygens (including phenoxy) is 1. The number of carbonyl (C=O) groups is 1. The summed E-state index contributed by atoms with van der Waals surface area (Å²) in [5.74, 6) is 1.10. The molecule has 1 saturated heterocycles. The van der Waals surface area contributed by atoms with Gasteiger partial charge in [0.25, 0.3) is 5.91 Å². The van der Waals surface area contributed by atoms with Crippen molar-refractivity contribution in [2.75, 3.05) is 11.9 Å². The summed E-state index contributed by atoms with van der Waals surface area (Å²) in [6.07, 6.45) is 3.44. The molecule has 2 aromatic rings. The maximum Gasteiger partial charge on any atom is 0.254 e. The Morgan fingerprint density at radius 1 is 1.24 bits per heavy atom. The van der Waals surface area contributed by atoms with Crippen LogP contribution in [-0.2, 0) is 9.53 Å². The van der Waals surface area contributed by atoms with Crippen LogP contribution in [0.5, 0.6) is 0 Å². The third kappa shape index (κ3) is 3.86. The highest BCUT2D eigenvalue weighted by molar-refractivity contribution is 5.94. The van der Waals surface area contributed by atoms with Gasteiger partial charge < -0.3 is 15.8 Å². The fourth-order valence-corrected chi connectivity index (χ4v) is 3.11. The summed E-state index contributed by atoms with van der Waals surface area (Å²) in [6.45, 7) is 0.456. The number of aromatic nitrogens is 2. The minimum atomic E-state index is -0.429. The number of amides is 1. The Hall–Kier alpha value is -1.89. The summed E-state index contributed by atoms with van der Waals surface area (Å²) in [7, 11) is 0. The van der Waals surface area contributed by atoms with E-state index in [9.17, 15) is 4.79 Å². The van der Waals surface area contributed by atoms with Crippen LogP contribution < -0.4 is 11.1 Å². The molecule has 0 unspecified atom stereocenters. The third-order valence-electron chi connectivity index (χ3n) is 4.64. The Morgan fingerprint density at radius 2 is 2.00 bits per heavy atom. The Labute approximate surface area is 153 Å². The van der Waals surface area contributed by atoms with E-state index in [0.29, 0.717) is 24.7 Å². The van der Waals surface area contributed by atoms with E-state index >= 15 is 0 Å². The van der Waals surface area contributed by atoms with Gasteiger partial charge in [-0.2, -0.15) is 5.10 Å². The maximum absolute atomic E-state index is 12.5. The lowest BCUT2D eigenvalue weighted by Gasteiger charge is -2.13. The molecule has 0 radical (unpaired) electrons. The van der Waals surface area contributed by atoms with E-state index in [1.165, 1.54) is 12.8 Å². The summed E-state index contributed by atoms with van der Waals surface area (Å²) in [6, 6.07) is 11.8. The average Bonchev–Trinajstić information content (AvgIpc) is 3.20. The Balaban J connectivity index is 0.00000182. The lowest BCUT2D eigenvalue weighted by Crippen LogP contribution is -2.30. The van der Waals surface area contributed by atoms with Crippen LogP contribution in [0.1, 0.15) is 37.3 Å². The Kier molecular flexibility index (Phi) is 5.42. The molecule has 25 heavy (non-hydrogen) atoms. The number of halogens is 1. The number of carbonyl (C=O) groups excluding carboxylic acids is 1. The van der Waals surface area contributed by atoms with E-state index in [1.807, 2.05) is 36.4 Å². The number of benzene rings is 1. The number of anilines is 1. The van der Waals surface area contributed by atoms with Gasteiger partial charge in [0.15, 0.2) is 0 Å². The molecule has 3 N–H and O–H groups in total. The first-order valence-electron chi connectivity index (χ1n) is 8.56. The Morgan fingerprint density at radius 3 is 2.64 bits per heavy atom. The average molecular weight is 363 g/mol. The predicted octanol–water partition coefficient (Wildman–Crippen LogP) is 2.62. The zero-order valence-electron chi connectivity index (χ0n) is 13.9. The molecule has 6 nitrogen and oxygen atoms in total. The largest absolute Gasteiger partial charge is 0.364 e. The first kappa shape index (κ1) is 17.9. The first-order chi connectivity index (χ1) is 11.7. The van der Waals surface area contributed by atoms with E-state index in [2.05, 4.69) is 5.32 Å². The van der Waals surface area contributed by atoms with Crippen LogP contribution in [0.25, 0.3) is 5.69 Å². The van der Waals surface area contributed by atoms with Gasteiger partial charge in [0, 0.05) is 18.5 Å². The van der Waals surface area contributed by atoms with Gasteiger partial charge >= 0.3 is 0 Å². The van der Waals surface area contributed by atoms with Gasteiger partial charge in [0.05, 0.1) is 17.5 Å². The fourth-order valence-electron chi connectivity index (χ4n) is 3.11. The quantitative estimate of drug-likeness (QED) is 0.856. The van der Waals surface area contributed by atoms with Gasteiger partial charge in [-0.15, -0.1) is 12.4 Å². The molecule has 1 saturated carbocycles. The lowest BCUT2D eigenvalue weighted by molar-refractivity contribution is -0.126. The smallest absolute Gasteiger partial charge is 0.254 e. The highest BCUT2D eigenvalue weighted by atomic mass is 35.5. The van der Waals surface area contributed by atoms with Crippen LogP contribution in [0, 0.1) is 0 Å². The first-order valence-corrected chi connectivity index (χ1v) is 8.56. The number of hydrogen-bond donors (Lipinski definition) is 2. The monoisotopic (exact) mass is 362 g/mol. The van der Waals surface area contributed by atoms with Crippen LogP contribution in [0.2, 0.25) is 0 Å². The second-order valence-corrected chi connectivity index (χ2v) is 6.53. The molecular weight excluding hydrogens is 340 g/mol. The molecule has 1 aliphatic heterocycles. The van der Waals surface area contributed by atoms with Crippen molar-refractivity contribution in [2.24, 2.45) is 5.73 Å². The lowest BCUT2D eigenvalue weighted by atomic mass is 10.2. The molecule has 2 fully saturated rings. The molecule has 0 bridgehead atoms. The number of para-hydroxylation sites is 1. The summed E-state index contributed by atoms with van der Waals surface area (Å²) in [5.41, 5.74) is 7.60. The van der Waals surface area contributed by atoms with Crippen LogP contribution in [0.15, 0.2) is 36.4 Å². The van der Waals surface area contributed by atoms with Gasteiger partial charge in [-0.3, -0.25) is 4.79 Å². The maximum atomic E-state index is 12.5. The molecule has 2 heterocycles. The third-order valence-corrected chi connectivity index (χ3v) is 4.64. The van der Waals surface area contributed by atoms with Crippen molar-refractivity contribution < 1.29 is 9.53 Å². The van der Waals surface area contributed by atoms with Gasteiger partial charge in [-0.25, -0.2) is 4.68 Å². The summed E-state index contributed by atoms with van der Waals surface area (Å²) in [4.78, 5) is 12.5. The van der Waals surface area contributed by atoms with Crippen LogP contribution in [0.3, 0.4) is 0 Å². The highest BCUT2D eigenvalue weighted by Crippen LogP contribution is 2.40. The zero-order valence-corrected chi connectivity index (χ0v) is 14.7. The van der Waals surface area contributed by atoms with E-state index in [0.717, 1.165) is 17.8 Å². The van der Waals surface area contributed by atoms with Gasteiger partial charge in [-0.05, 0) is 37.8 Å². The minimum Gasteiger partial charge on any atom is -0.364 e. The number of hydrogen-bond acceptors (Lipinski definition) is 4. The molecule has 1 aromatic heterocycles. The van der Waals surface area contributed by atoms with E-state index in [4.69, 9.17) is 15.6 Å². The predicted molar refractivity (Wildman–Crippen MR) is 98.4 cm³/mol. The van der Waals surface area contributed by atoms with Crippen molar-refractivity contribution in [1.29, 1.82) is 0 Å². The second-order valence-electron chi connectivity index (χ2n) is 6.53. The fraction of sp³-hybridized carbons (Fsp3) is 0.444. The van der Waals surface area contributed by atoms with Crippen molar-refractivity contribution in [2.45, 2.75) is 43.8 Å². The normalized spacial score (nSPS) is 22.4. The summed E-state index contributed by atoms with van der Waals surface area (Å²) >= 11 is 0. The second kappa shape index (κ2) is 7.56. The highest BCUT2D eigenvalue weighted by Gasteiger charge is 2.32. The van der Waals surface area contributed by atoms with Crippen LogP contribution in [-0.4, -0.2) is 34.4 Å². The molecule has 7 heteroatoms. The molecule has 4 rings (SSSR count). The van der Waals surface area contributed by atoms with Crippen LogP contribution >= 0.6 is 12.4 Å². The van der Waals surface area contributed by atoms with Gasteiger partial charge in [0.1, 0.15) is 11.9 Å². The number of nitrogens with two attached hydrogens (primary N) is 1. The van der Waals surface area contributed by atoms with Gasteiger partial charge in [0.2, 0.25) is 0 Å². The molecule has 1 aliphatic carbocycles. The molecule has 1 amide bonds. The SMILES string of the molecule is Cl.NC[C@H]1CC[C@@H](C(=O)Nc2cc(C3CC3)nn2-c2ccccc2)O1. The van der Waals surface area contributed by atoms with E-state index in [1.54, 1.807) is 4.68 Å². The zero-order chi connectivity index (χ0) is 16.5. The topological polar surface area (TPSA) is 82.2 Å². The van der Waals surface area contributed by atoms with Crippen molar-refractivity contribution in [3.05, 3.63) is 42.1 Å². The van der Waals surface area contributed by atoms with Crippen LogP contribution in [0.4, 0.5) is 5.82 Å². The van der Waals surface area contributed by atoms with E-state index in [-0.39, 0.29) is 24.4 Å². The number of nitrogens with one attached hydrogen (secondary N) is 1. The molecular formula is C18H23ClN4O2. The standard InChI is InChI=1S/C18H22N4O2.ClH/c19-11-14-8-9-16(24-14)18(23)20-17-10-15(12-6-7-12)21-22(17)13-4-2-1-3-5-13;/h1-5,10,12,14,16H,6-9,11,19H2,(H,20,23);1H/t14-,16+;/m1./s1. The van der Waals surface area contributed by atoms with Crippen molar-refractivity contribution in [3.8, 4) is 5.69 Å². The molecule has 1 aromatic carbocycles. The summed E-state index contributed by atoms with van der Waals surface area (Å²) in [5, 5.41) is 7.69. The summed E-state index contributed by atoms with van der Waals surface area (Å²) < 4.78 is 7.50. The van der Waals surface area contributed by atoms with Crippen molar-refractivity contribution in [3.63, 3.8) is 0 Å². The minimum absolute atomic E-state index is 0. The number of nitrogens with zero attached hydrogens (tertiary/aromatic N) is 2. The van der Waals surface area contributed by atoms with Crippen molar-refractivity contribution >= 4 is 24.1 Å².